The van der Waals surface area contributed by atoms with Gasteiger partial charge in [-0.3, -0.25) is 9.59 Å². The first kappa shape index (κ1) is 18.7. The first-order valence-corrected chi connectivity index (χ1v) is 8.31. The van der Waals surface area contributed by atoms with Crippen molar-refractivity contribution in [2.45, 2.75) is 0 Å². The van der Waals surface area contributed by atoms with Crippen LogP contribution in [-0.4, -0.2) is 28.4 Å². The summed E-state index contributed by atoms with van der Waals surface area (Å²) in [5.41, 5.74) is 4.59. The van der Waals surface area contributed by atoms with Gasteiger partial charge in [0.05, 0.1) is 27.2 Å². The standard InChI is InChI=1S/C17H12Cl2N4O4/c18-11-5-9(6-12(19)15(11)27-8-14(20)24)7-21-23-16(25)10-3-1-2-4-13(10)22-17(23)26/h1-7H,8H2,(H2,20,24)(H,22,26). The number of amides is 1. The number of para-hydroxylation sites is 1. The Morgan fingerprint density at radius 3 is 2.56 bits per heavy atom. The van der Waals surface area contributed by atoms with Crippen LogP contribution in [0, 0.1) is 0 Å². The number of rotatable bonds is 5. The van der Waals surface area contributed by atoms with E-state index in [1.165, 1.54) is 18.3 Å². The van der Waals surface area contributed by atoms with Gasteiger partial charge in [-0.05, 0) is 29.8 Å². The zero-order valence-corrected chi connectivity index (χ0v) is 15.1. The second kappa shape index (κ2) is 7.65. The maximum atomic E-state index is 12.4. The number of nitrogens with two attached hydrogens (primary N) is 1. The molecule has 0 saturated heterocycles. The fourth-order valence-electron chi connectivity index (χ4n) is 2.32. The van der Waals surface area contributed by atoms with Crippen molar-refractivity contribution in [2.24, 2.45) is 10.8 Å². The van der Waals surface area contributed by atoms with E-state index in [1.807, 2.05) is 0 Å². The molecule has 8 nitrogen and oxygen atoms in total. The third kappa shape index (κ3) is 4.02. The molecule has 0 spiro atoms. The summed E-state index contributed by atoms with van der Waals surface area (Å²) >= 11 is 12.2. The molecule has 0 saturated carbocycles. The van der Waals surface area contributed by atoms with Crippen molar-refractivity contribution in [3.8, 4) is 5.75 Å². The minimum absolute atomic E-state index is 0.0926. The number of halogens is 2. The van der Waals surface area contributed by atoms with Gasteiger partial charge in [0.25, 0.3) is 11.5 Å². The third-order valence-electron chi connectivity index (χ3n) is 3.49. The monoisotopic (exact) mass is 406 g/mol. The number of H-pyrrole nitrogens is 1. The Morgan fingerprint density at radius 2 is 1.89 bits per heavy atom. The summed E-state index contributed by atoms with van der Waals surface area (Å²) in [4.78, 5) is 37.9. The minimum Gasteiger partial charge on any atom is -0.481 e. The first-order chi connectivity index (χ1) is 12.9. The number of nitrogens with one attached hydrogen (secondary N) is 1. The smallest absolute Gasteiger partial charge is 0.349 e. The first-order valence-electron chi connectivity index (χ1n) is 7.55. The number of aromatic amines is 1. The molecule has 0 radical (unpaired) electrons. The van der Waals surface area contributed by atoms with Crippen LogP contribution in [0.25, 0.3) is 10.9 Å². The Kier molecular flexibility index (Phi) is 5.29. The Labute approximate surface area is 161 Å². The Hall–Kier alpha value is -3.10. The number of ether oxygens (including phenoxy) is 1. The molecule has 3 aromatic rings. The molecule has 10 heteroatoms. The Bertz CT molecular complexity index is 1160. The van der Waals surface area contributed by atoms with E-state index in [0.717, 1.165) is 0 Å². The van der Waals surface area contributed by atoms with E-state index in [4.69, 9.17) is 33.7 Å². The minimum atomic E-state index is -0.687. The number of nitrogens with zero attached hydrogens (tertiary/aromatic N) is 2. The van der Waals surface area contributed by atoms with Crippen LogP contribution in [0.5, 0.6) is 5.75 Å². The van der Waals surface area contributed by atoms with Gasteiger partial charge in [0.15, 0.2) is 12.4 Å². The van der Waals surface area contributed by atoms with Crippen molar-refractivity contribution in [3.05, 3.63) is 72.8 Å². The van der Waals surface area contributed by atoms with Crippen LogP contribution < -0.4 is 21.7 Å². The van der Waals surface area contributed by atoms with Gasteiger partial charge in [-0.15, -0.1) is 4.68 Å². The van der Waals surface area contributed by atoms with Crippen molar-refractivity contribution < 1.29 is 9.53 Å². The van der Waals surface area contributed by atoms with E-state index in [1.54, 1.807) is 24.3 Å². The molecule has 0 fully saturated rings. The molecule has 3 rings (SSSR count). The number of carbonyl (C=O) groups is 1. The van der Waals surface area contributed by atoms with Gasteiger partial charge < -0.3 is 15.5 Å². The lowest BCUT2D eigenvalue weighted by Gasteiger charge is -2.09. The molecule has 0 aliphatic carbocycles. The van der Waals surface area contributed by atoms with Gasteiger partial charge in [0.1, 0.15) is 0 Å². The highest BCUT2D eigenvalue weighted by molar-refractivity contribution is 6.37. The molecule has 138 valence electrons. The number of carbonyl (C=O) groups excluding carboxylic acids is 1. The summed E-state index contributed by atoms with van der Waals surface area (Å²) in [7, 11) is 0. The molecule has 1 heterocycles. The summed E-state index contributed by atoms with van der Waals surface area (Å²) < 4.78 is 5.84. The van der Waals surface area contributed by atoms with Gasteiger partial charge in [-0.1, -0.05) is 35.3 Å². The lowest BCUT2D eigenvalue weighted by molar-refractivity contribution is -0.119. The van der Waals surface area contributed by atoms with E-state index >= 15 is 0 Å². The lowest BCUT2D eigenvalue weighted by atomic mass is 10.2. The van der Waals surface area contributed by atoms with Crippen LogP contribution in [0.1, 0.15) is 5.56 Å². The highest BCUT2D eigenvalue weighted by Gasteiger charge is 2.11. The lowest BCUT2D eigenvalue weighted by Crippen LogP contribution is -2.32. The van der Waals surface area contributed by atoms with Gasteiger partial charge in [0, 0.05) is 0 Å². The van der Waals surface area contributed by atoms with Crippen LogP contribution in [0.3, 0.4) is 0 Å². The summed E-state index contributed by atoms with van der Waals surface area (Å²) in [5, 5.41) is 4.47. The molecule has 0 aliphatic heterocycles. The molecule has 1 amide bonds. The van der Waals surface area contributed by atoms with Crippen LogP contribution in [0.2, 0.25) is 10.0 Å². The zero-order valence-electron chi connectivity index (χ0n) is 13.6. The van der Waals surface area contributed by atoms with Crippen molar-refractivity contribution in [2.75, 3.05) is 6.61 Å². The molecule has 1 aromatic heterocycles. The Balaban J connectivity index is 1.97. The normalized spacial score (nSPS) is 11.2. The average molecular weight is 407 g/mol. The molecule has 27 heavy (non-hydrogen) atoms. The number of aromatic nitrogens is 2. The predicted octanol–water partition coefficient (Wildman–Crippen LogP) is 1.74. The molecule has 3 N–H and O–H groups in total. The second-order valence-electron chi connectivity index (χ2n) is 5.41. The fraction of sp³-hybridized carbons (Fsp3) is 0.0588. The quantitative estimate of drug-likeness (QED) is 0.626. The highest BCUT2D eigenvalue weighted by atomic mass is 35.5. The van der Waals surface area contributed by atoms with Crippen molar-refractivity contribution in [1.29, 1.82) is 0 Å². The molecule has 2 aromatic carbocycles. The number of hydrogen-bond acceptors (Lipinski definition) is 5. The summed E-state index contributed by atoms with van der Waals surface area (Å²) in [6, 6.07) is 9.49. The molecule has 0 bridgehead atoms. The van der Waals surface area contributed by atoms with Crippen molar-refractivity contribution in [1.82, 2.24) is 9.66 Å². The summed E-state index contributed by atoms with van der Waals surface area (Å²) in [5.74, 6) is -0.585. The van der Waals surface area contributed by atoms with Gasteiger partial charge >= 0.3 is 5.69 Å². The average Bonchev–Trinajstić information content (AvgIpc) is 2.60. The highest BCUT2D eigenvalue weighted by Crippen LogP contribution is 2.33. The van der Waals surface area contributed by atoms with E-state index in [2.05, 4.69) is 10.1 Å². The van der Waals surface area contributed by atoms with Crippen molar-refractivity contribution >= 4 is 46.2 Å². The number of hydrogen-bond donors (Lipinski definition) is 2. The van der Waals surface area contributed by atoms with Gasteiger partial charge in [-0.2, -0.15) is 5.10 Å². The van der Waals surface area contributed by atoms with Crippen LogP contribution in [-0.2, 0) is 4.79 Å². The number of fused-ring (bicyclic) bond motifs is 1. The molecule has 0 aliphatic rings. The zero-order chi connectivity index (χ0) is 19.6. The molecular weight excluding hydrogens is 395 g/mol. The fourth-order valence-corrected chi connectivity index (χ4v) is 2.93. The van der Waals surface area contributed by atoms with E-state index in [9.17, 15) is 14.4 Å². The third-order valence-corrected chi connectivity index (χ3v) is 4.05. The van der Waals surface area contributed by atoms with Gasteiger partial charge in [0.2, 0.25) is 0 Å². The van der Waals surface area contributed by atoms with Crippen LogP contribution in [0.15, 0.2) is 51.1 Å². The van der Waals surface area contributed by atoms with E-state index < -0.39 is 17.2 Å². The maximum Gasteiger partial charge on any atom is 0.349 e. The van der Waals surface area contributed by atoms with Crippen molar-refractivity contribution in [3.63, 3.8) is 0 Å². The molecular formula is C17H12Cl2N4O4. The van der Waals surface area contributed by atoms with Crippen LogP contribution in [0.4, 0.5) is 0 Å². The molecule has 0 unspecified atom stereocenters. The molecule has 0 atom stereocenters. The number of benzene rings is 2. The second-order valence-corrected chi connectivity index (χ2v) is 6.22. The number of primary amides is 1. The van der Waals surface area contributed by atoms with Crippen LogP contribution >= 0.6 is 23.2 Å². The summed E-state index contributed by atoms with van der Waals surface area (Å²) in [6.45, 7) is -0.380. The SMILES string of the molecule is NC(=O)COc1c(Cl)cc(C=Nn2c(=O)[nH]c3ccccc3c2=O)cc1Cl. The van der Waals surface area contributed by atoms with E-state index in [-0.39, 0.29) is 22.4 Å². The van der Waals surface area contributed by atoms with Gasteiger partial charge in [-0.25, -0.2) is 4.79 Å². The Morgan fingerprint density at radius 1 is 1.22 bits per heavy atom. The van der Waals surface area contributed by atoms with E-state index in [0.29, 0.717) is 21.1 Å². The largest absolute Gasteiger partial charge is 0.481 e. The maximum absolute atomic E-state index is 12.4. The predicted molar refractivity (Wildman–Crippen MR) is 103 cm³/mol. The summed E-state index contributed by atoms with van der Waals surface area (Å²) in [6.07, 6.45) is 1.25. The topological polar surface area (TPSA) is 120 Å².